The number of anilines is 1. The SMILES string of the molecule is COc1ccc(C(c2ccccc2)(c2ccc(OC)cc2)C(O)[C@H]2O[C@@H](n3cnc4c(=O)[nH]c(NC(=O)C(C)C)nc43)C[C@@H]2OP(OCCC#N)N(C(C)C)C(C)C)cc1. The highest BCUT2D eigenvalue weighted by Crippen LogP contribution is 2.53. The fraction of sp³-hybridized carbons (Fsp3) is 0.432. The van der Waals surface area contributed by atoms with Crippen LogP contribution in [0.2, 0.25) is 0 Å². The van der Waals surface area contributed by atoms with Crippen molar-refractivity contribution in [3.8, 4) is 17.6 Å². The van der Waals surface area contributed by atoms with E-state index in [0.717, 1.165) is 16.7 Å². The van der Waals surface area contributed by atoms with Crippen molar-refractivity contribution in [2.45, 2.75) is 96.4 Å². The molecule has 60 heavy (non-hydrogen) atoms. The number of rotatable bonds is 18. The Kier molecular flexibility index (Phi) is 14.4. The number of fused-ring (bicyclic) bond motifs is 1. The van der Waals surface area contributed by atoms with Gasteiger partial charge in [0.05, 0.1) is 51.2 Å². The van der Waals surface area contributed by atoms with Gasteiger partial charge in [-0.1, -0.05) is 68.4 Å². The van der Waals surface area contributed by atoms with Crippen molar-refractivity contribution >= 4 is 31.5 Å². The number of aliphatic hydroxyl groups excluding tert-OH is 1. The molecule has 6 rings (SSSR count). The third kappa shape index (κ3) is 9.10. The molecule has 1 aliphatic rings. The molecular weight excluding hydrogens is 785 g/mol. The number of benzene rings is 3. The zero-order chi connectivity index (χ0) is 43.1. The zero-order valence-corrected chi connectivity index (χ0v) is 36.1. The van der Waals surface area contributed by atoms with Gasteiger partial charge in [-0.15, -0.1) is 0 Å². The molecular formula is C44H54N7O8P. The lowest BCUT2D eigenvalue weighted by molar-refractivity contribution is -0.118. The van der Waals surface area contributed by atoms with E-state index >= 15 is 0 Å². The Morgan fingerprint density at radius 1 is 0.983 bits per heavy atom. The molecule has 0 radical (unpaired) electrons. The Hall–Kier alpha value is -5.20. The van der Waals surface area contributed by atoms with Crippen LogP contribution in [-0.4, -0.2) is 86.4 Å². The van der Waals surface area contributed by atoms with E-state index in [1.165, 1.54) is 6.33 Å². The first kappa shape index (κ1) is 44.4. The lowest BCUT2D eigenvalue weighted by atomic mass is 9.64. The fourth-order valence-electron chi connectivity index (χ4n) is 7.75. The molecule has 0 aliphatic carbocycles. The average molecular weight is 840 g/mol. The van der Waals surface area contributed by atoms with Crippen LogP contribution in [-0.2, 0) is 24.0 Å². The Balaban J connectivity index is 1.55. The molecule has 3 aromatic carbocycles. The number of aromatic nitrogens is 4. The minimum atomic E-state index is -1.81. The predicted molar refractivity (Wildman–Crippen MR) is 229 cm³/mol. The van der Waals surface area contributed by atoms with Gasteiger partial charge in [0.2, 0.25) is 11.9 Å². The predicted octanol–water partition coefficient (Wildman–Crippen LogP) is 7.08. The highest BCUT2D eigenvalue weighted by molar-refractivity contribution is 7.44. The van der Waals surface area contributed by atoms with Gasteiger partial charge in [0.1, 0.15) is 29.9 Å². The standard InChI is InChI=1S/C44H54N7O8P/c1-27(2)41(53)48-43-47-40-37(42(54)49-43)46-26-50(40)36-25-35(59-60(57-24-12-23-45)51(28(3)4)29(5)6)38(58-36)39(52)44(30-13-10-9-11-14-30,31-15-19-33(55-7)20-16-31)32-17-21-34(56-8)22-18-32/h9-11,13-22,26-29,35-36,38-39,52H,12,24-25H2,1-8H3,(H2,47,48,49,53,54)/t35-,36+,38-,39?,60?/m0/s1. The van der Waals surface area contributed by atoms with Crippen LogP contribution in [0.4, 0.5) is 5.95 Å². The van der Waals surface area contributed by atoms with Gasteiger partial charge >= 0.3 is 0 Å². The quantitative estimate of drug-likeness (QED) is 0.0464. The van der Waals surface area contributed by atoms with E-state index < -0.39 is 44.0 Å². The van der Waals surface area contributed by atoms with Crippen LogP contribution >= 0.6 is 8.53 Å². The third-order valence-corrected chi connectivity index (χ3v) is 12.7. The largest absolute Gasteiger partial charge is 0.497 e. The monoisotopic (exact) mass is 839 g/mol. The van der Waals surface area contributed by atoms with Gasteiger partial charge in [-0.2, -0.15) is 10.2 Å². The number of carbonyl (C=O) groups is 1. The lowest BCUT2D eigenvalue weighted by Gasteiger charge is -2.44. The van der Waals surface area contributed by atoms with E-state index in [0.29, 0.717) is 11.5 Å². The molecule has 15 nitrogen and oxygen atoms in total. The number of imidazole rings is 1. The van der Waals surface area contributed by atoms with E-state index in [1.807, 2.05) is 78.9 Å². The number of nitriles is 1. The number of hydrogen-bond donors (Lipinski definition) is 3. The van der Waals surface area contributed by atoms with E-state index in [-0.39, 0.29) is 60.5 Å². The van der Waals surface area contributed by atoms with Crippen LogP contribution in [0, 0.1) is 17.2 Å². The maximum absolute atomic E-state index is 13.5. The lowest BCUT2D eigenvalue weighted by Crippen LogP contribution is -2.52. The summed E-state index contributed by atoms with van der Waals surface area (Å²) in [6.45, 7) is 11.8. The van der Waals surface area contributed by atoms with Crippen molar-refractivity contribution in [1.82, 2.24) is 24.2 Å². The molecule has 3 N–H and O–H groups in total. The maximum atomic E-state index is 13.5. The number of amides is 1. The number of aliphatic hydroxyl groups is 1. The normalized spacial score (nSPS) is 18.0. The van der Waals surface area contributed by atoms with Gasteiger partial charge in [0.25, 0.3) is 14.1 Å². The van der Waals surface area contributed by atoms with Crippen LogP contribution in [0.25, 0.3) is 11.2 Å². The summed E-state index contributed by atoms with van der Waals surface area (Å²) in [5.74, 6) is 0.568. The van der Waals surface area contributed by atoms with Gasteiger partial charge in [0.15, 0.2) is 11.2 Å². The molecule has 1 amide bonds. The molecule has 3 heterocycles. The maximum Gasteiger partial charge on any atom is 0.280 e. The van der Waals surface area contributed by atoms with Gasteiger partial charge in [-0.3, -0.25) is 24.5 Å². The number of nitrogens with zero attached hydrogens (tertiary/aromatic N) is 5. The smallest absolute Gasteiger partial charge is 0.280 e. The first-order valence-electron chi connectivity index (χ1n) is 20.0. The second-order valence-corrected chi connectivity index (χ2v) is 16.8. The Morgan fingerprint density at radius 2 is 1.57 bits per heavy atom. The summed E-state index contributed by atoms with van der Waals surface area (Å²) < 4.78 is 35.4. The second kappa shape index (κ2) is 19.5. The van der Waals surface area contributed by atoms with Crippen LogP contribution in [0.15, 0.2) is 90.0 Å². The molecule has 1 saturated heterocycles. The molecule has 1 aliphatic heterocycles. The van der Waals surface area contributed by atoms with Crippen molar-refractivity contribution in [3.63, 3.8) is 0 Å². The molecule has 2 aromatic heterocycles. The molecule has 318 valence electrons. The Bertz CT molecular complexity index is 2240. The number of H-pyrrole nitrogens is 1. The van der Waals surface area contributed by atoms with Crippen LogP contribution in [0.3, 0.4) is 0 Å². The van der Waals surface area contributed by atoms with Crippen molar-refractivity contribution in [3.05, 3.63) is 112 Å². The molecule has 0 bridgehead atoms. The summed E-state index contributed by atoms with van der Waals surface area (Å²) in [7, 11) is 1.39. The van der Waals surface area contributed by atoms with Gasteiger partial charge in [0, 0.05) is 24.4 Å². The van der Waals surface area contributed by atoms with Crippen molar-refractivity contribution in [1.29, 1.82) is 5.26 Å². The second-order valence-electron chi connectivity index (χ2n) is 15.4. The Morgan fingerprint density at radius 3 is 2.10 bits per heavy atom. The van der Waals surface area contributed by atoms with Gasteiger partial charge in [-0.25, -0.2) is 9.65 Å². The van der Waals surface area contributed by atoms with Gasteiger partial charge < -0.3 is 28.4 Å². The summed E-state index contributed by atoms with van der Waals surface area (Å²) in [4.78, 5) is 37.6. The first-order chi connectivity index (χ1) is 28.8. The highest BCUT2D eigenvalue weighted by Gasteiger charge is 2.54. The van der Waals surface area contributed by atoms with Crippen LogP contribution in [0.5, 0.6) is 11.5 Å². The molecule has 2 unspecified atom stereocenters. The molecule has 5 aromatic rings. The van der Waals surface area contributed by atoms with Gasteiger partial charge in [-0.05, 0) is 68.7 Å². The zero-order valence-electron chi connectivity index (χ0n) is 35.2. The minimum Gasteiger partial charge on any atom is -0.497 e. The fourth-order valence-corrected chi connectivity index (χ4v) is 9.49. The number of ether oxygens (including phenoxy) is 3. The summed E-state index contributed by atoms with van der Waals surface area (Å²) in [6, 6.07) is 27.1. The highest BCUT2D eigenvalue weighted by atomic mass is 31.2. The van der Waals surface area contributed by atoms with Crippen LogP contribution in [0.1, 0.15) is 77.3 Å². The summed E-state index contributed by atoms with van der Waals surface area (Å²) in [6.07, 6.45) is -2.27. The first-order valence-corrected chi connectivity index (χ1v) is 21.2. The number of methoxy groups -OCH3 is 2. The summed E-state index contributed by atoms with van der Waals surface area (Å²) in [5, 5.41) is 25.6. The average Bonchev–Trinajstić information content (AvgIpc) is 3.86. The molecule has 16 heteroatoms. The van der Waals surface area contributed by atoms with E-state index in [4.69, 9.17) is 23.3 Å². The molecule has 0 saturated carbocycles. The topological polar surface area (TPSA) is 186 Å². The Labute approximate surface area is 351 Å². The number of aromatic amines is 1. The number of nitrogens with one attached hydrogen (secondary N) is 2. The van der Waals surface area contributed by atoms with Crippen LogP contribution < -0.4 is 20.3 Å². The minimum absolute atomic E-state index is 0.00492. The third-order valence-electron chi connectivity index (χ3n) is 10.6. The summed E-state index contributed by atoms with van der Waals surface area (Å²) >= 11 is 0. The van der Waals surface area contributed by atoms with Crippen molar-refractivity contribution in [2.75, 3.05) is 26.1 Å². The van der Waals surface area contributed by atoms with E-state index in [2.05, 4.69) is 58.7 Å². The van der Waals surface area contributed by atoms with Crippen molar-refractivity contribution < 1.29 is 33.2 Å². The van der Waals surface area contributed by atoms with Crippen molar-refractivity contribution in [2.24, 2.45) is 5.92 Å². The van der Waals surface area contributed by atoms with E-state index in [9.17, 15) is 20.0 Å². The molecule has 5 atom stereocenters. The van der Waals surface area contributed by atoms with E-state index in [1.54, 1.807) is 32.6 Å². The number of hydrogen-bond acceptors (Lipinski definition) is 12. The molecule has 0 spiro atoms. The number of carbonyl (C=O) groups excluding carboxylic acids is 1. The molecule has 1 fully saturated rings. The summed E-state index contributed by atoms with van der Waals surface area (Å²) in [5.41, 5.74) is 0.694.